The van der Waals surface area contributed by atoms with Crippen LogP contribution in [0.1, 0.15) is 18.4 Å². The van der Waals surface area contributed by atoms with Crippen molar-refractivity contribution >= 4 is 27.5 Å². The summed E-state index contributed by atoms with van der Waals surface area (Å²) in [7, 11) is 0. The van der Waals surface area contributed by atoms with Gasteiger partial charge in [0, 0.05) is 9.50 Å². The van der Waals surface area contributed by atoms with Crippen molar-refractivity contribution in [2.75, 3.05) is 0 Å². The maximum atomic E-state index is 5.82. The van der Waals surface area contributed by atoms with Crippen molar-refractivity contribution in [2.24, 2.45) is 0 Å². The molecule has 3 heteroatoms. The Kier molecular flexibility index (Phi) is 2.92. The molecule has 0 N–H and O–H groups in total. The standard InChI is InChI=1S/C10H10BrClO/c11-10-5-8(12)2-1-7(10)6-13-9-3-4-9/h1-2,5,9H,3-4,6H2. The van der Waals surface area contributed by atoms with E-state index in [2.05, 4.69) is 15.9 Å². The van der Waals surface area contributed by atoms with Crippen LogP contribution in [0.3, 0.4) is 0 Å². The molecule has 1 aromatic rings. The molecule has 2 rings (SSSR count). The third-order valence-corrected chi connectivity index (χ3v) is 2.99. The van der Waals surface area contributed by atoms with E-state index in [1.54, 1.807) is 0 Å². The van der Waals surface area contributed by atoms with E-state index >= 15 is 0 Å². The molecule has 13 heavy (non-hydrogen) atoms. The van der Waals surface area contributed by atoms with Gasteiger partial charge in [0.05, 0.1) is 12.7 Å². The van der Waals surface area contributed by atoms with Crippen molar-refractivity contribution in [1.29, 1.82) is 0 Å². The molecule has 0 amide bonds. The van der Waals surface area contributed by atoms with Crippen LogP contribution in [0.5, 0.6) is 0 Å². The highest BCUT2D eigenvalue weighted by atomic mass is 79.9. The average Bonchev–Trinajstić information content (AvgIpc) is 2.86. The van der Waals surface area contributed by atoms with Crippen LogP contribution < -0.4 is 0 Å². The van der Waals surface area contributed by atoms with Gasteiger partial charge in [0.2, 0.25) is 0 Å². The Morgan fingerprint density at radius 3 is 2.85 bits per heavy atom. The summed E-state index contributed by atoms with van der Waals surface area (Å²) < 4.78 is 6.61. The Labute approximate surface area is 91.2 Å². The fraction of sp³-hybridized carbons (Fsp3) is 0.400. The second kappa shape index (κ2) is 3.99. The first-order valence-electron chi connectivity index (χ1n) is 4.31. The van der Waals surface area contributed by atoms with Crippen LogP contribution in [0, 0.1) is 0 Å². The van der Waals surface area contributed by atoms with E-state index in [1.165, 1.54) is 12.8 Å². The third kappa shape index (κ3) is 2.70. The van der Waals surface area contributed by atoms with Gasteiger partial charge in [0.25, 0.3) is 0 Å². The Balaban J connectivity index is 2.01. The largest absolute Gasteiger partial charge is 0.374 e. The van der Waals surface area contributed by atoms with E-state index in [-0.39, 0.29) is 0 Å². The lowest BCUT2D eigenvalue weighted by molar-refractivity contribution is 0.105. The summed E-state index contributed by atoms with van der Waals surface area (Å²) in [4.78, 5) is 0. The summed E-state index contributed by atoms with van der Waals surface area (Å²) in [5, 5.41) is 0.752. The van der Waals surface area contributed by atoms with Crippen LogP contribution in [0.15, 0.2) is 22.7 Å². The highest BCUT2D eigenvalue weighted by Gasteiger charge is 2.22. The first-order chi connectivity index (χ1) is 6.25. The molecule has 0 unspecified atom stereocenters. The molecule has 1 fully saturated rings. The summed E-state index contributed by atoms with van der Waals surface area (Å²) in [5.74, 6) is 0. The van der Waals surface area contributed by atoms with Crippen molar-refractivity contribution < 1.29 is 4.74 Å². The molecular formula is C10H10BrClO. The predicted octanol–water partition coefficient (Wildman–Crippen LogP) is 3.78. The average molecular weight is 262 g/mol. The highest BCUT2D eigenvalue weighted by Crippen LogP contribution is 2.27. The molecule has 1 saturated carbocycles. The van der Waals surface area contributed by atoms with Gasteiger partial charge in [0.15, 0.2) is 0 Å². The molecule has 0 radical (unpaired) electrons. The van der Waals surface area contributed by atoms with Gasteiger partial charge in [-0.05, 0) is 30.5 Å². The van der Waals surface area contributed by atoms with Crippen LogP contribution in [-0.4, -0.2) is 6.10 Å². The second-order valence-electron chi connectivity index (χ2n) is 3.25. The van der Waals surface area contributed by atoms with Crippen LogP contribution in [-0.2, 0) is 11.3 Å². The van der Waals surface area contributed by atoms with Gasteiger partial charge in [-0.25, -0.2) is 0 Å². The van der Waals surface area contributed by atoms with Crippen molar-refractivity contribution in [3.05, 3.63) is 33.3 Å². The molecule has 0 bridgehead atoms. The minimum atomic E-state index is 0.502. The molecule has 0 atom stereocenters. The smallest absolute Gasteiger partial charge is 0.0731 e. The maximum absolute atomic E-state index is 5.82. The maximum Gasteiger partial charge on any atom is 0.0731 e. The van der Waals surface area contributed by atoms with Gasteiger partial charge in [-0.2, -0.15) is 0 Å². The first-order valence-corrected chi connectivity index (χ1v) is 5.48. The highest BCUT2D eigenvalue weighted by molar-refractivity contribution is 9.10. The van der Waals surface area contributed by atoms with E-state index in [4.69, 9.17) is 16.3 Å². The van der Waals surface area contributed by atoms with Gasteiger partial charge in [-0.15, -0.1) is 0 Å². The zero-order valence-electron chi connectivity index (χ0n) is 7.09. The van der Waals surface area contributed by atoms with E-state index in [0.29, 0.717) is 12.7 Å². The molecule has 70 valence electrons. The summed E-state index contributed by atoms with van der Waals surface area (Å²) in [6, 6.07) is 5.78. The predicted molar refractivity (Wildman–Crippen MR) is 57.0 cm³/mol. The zero-order chi connectivity index (χ0) is 9.26. The van der Waals surface area contributed by atoms with Crippen LogP contribution in [0.4, 0.5) is 0 Å². The van der Waals surface area contributed by atoms with Gasteiger partial charge in [0.1, 0.15) is 0 Å². The number of hydrogen-bond acceptors (Lipinski definition) is 1. The molecule has 1 nitrogen and oxygen atoms in total. The van der Waals surface area contributed by atoms with Crippen molar-refractivity contribution in [3.63, 3.8) is 0 Å². The monoisotopic (exact) mass is 260 g/mol. The number of ether oxygens (including phenoxy) is 1. The van der Waals surface area contributed by atoms with Crippen molar-refractivity contribution in [1.82, 2.24) is 0 Å². The molecule has 0 heterocycles. The SMILES string of the molecule is Clc1ccc(COC2CC2)c(Br)c1. The fourth-order valence-electron chi connectivity index (χ4n) is 1.08. The van der Waals surface area contributed by atoms with Gasteiger partial charge < -0.3 is 4.74 Å². The molecule has 0 aliphatic heterocycles. The second-order valence-corrected chi connectivity index (χ2v) is 4.54. The van der Waals surface area contributed by atoms with Crippen LogP contribution in [0.25, 0.3) is 0 Å². The quantitative estimate of drug-likeness (QED) is 0.804. The lowest BCUT2D eigenvalue weighted by Gasteiger charge is -2.05. The normalized spacial score (nSPS) is 16.2. The van der Waals surface area contributed by atoms with Crippen LogP contribution in [0.2, 0.25) is 5.02 Å². The Morgan fingerprint density at radius 1 is 1.46 bits per heavy atom. The number of hydrogen-bond donors (Lipinski definition) is 0. The molecular weight excluding hydrogens is 251 g/mol. The summed E-state index contributed by atoms with van der Waals surface area (Å²) in [6.45, 7) is 0.683. The first kappa shape index (κ1) is 9.50. The molecule has 0 spiro atoms. The summed E-state index contributed by atoms with van der Waals surface area (Å²) >= 11 is 9.27. The molecule has 0 saturated heterocycles. The van der Waals surface area contributed by atoms with Crippen molar-refractivity contribution in [3.8, 4) is 0 Å². The molecule has 1 aliphatic rings. The Hall–Kier alpha value is -0.0500. The number of benzene rings is 1. The minimum Gasteiger partial charge on any atom is -0.374 e. The lowest BCUT2D eigenvalue weighted by Crippen LogP contribution is -1.95. The molecule has 1 aromatic carbocycles. The van der Waals surface area contributed by atoms with Gasteiger partial charge in [-0.1, -0.05) is 33.6 Å². The van der Waals surface area contributed by atoms with E-state index in [9.17, 15) is 0 Å². The zero-order valence-corrected chi connectivity index (χ0v) is 9.44. The van der Waals surface area contributed by atoms with E-state index < -0.39 is 0 Å². The molecule has 1 aliphatic carbocycles. The fourth-order valence-corrected chi connectivity index (χ4v) is 1.88. The van der Waals surface area contributed by atoms with Gasteiger partial charge in [-0.3, -0.25) is 0 Å². The Morgan fingerprint density at radius 2 is 2.23 bits per heavy atom. The van der Waals surface area contributed by atoms with Crippen LogP contribution >= 0.6 is 27.5 Å². The number of halogens is 2. The van der Waals surface area contributed by atoms with E-state index in [0.717, 1.165) is 15.1 Å². The number of rotatable bonds is 3. The van der Waals surface area contributed by atoms with E-state index in [1.807, 2.05) is 18.2 Å². The molecule has 0 aromatic heterocycles. The summed E-state index contributed by atoms with van der Waals surface area (Å²) in [6.07, 6.45) is 2.93. The lowest BCUT2D eigenvalue weighted by atomic mass is 10.2. The minimum absolute atomic E-state index is 0.502. The summed E-state index contributed by atoms with van der Waals surface area (Å²) in [5.41, 5.74) is 1.16. The van der Waals surface area contributed by atoms with Gasteiger partial charge >= 0.3 is 0 Å². The Bertz CT molecular complexity index is 310. The third-order valence-electron chi connectivity index (χ3n) is 2.01. The topological polar surface area (TPSA) is 9.23 Å². The van der Waals surface area contributed by atoms with Crippen molar-refractivity contribution in [2.45, 2.75) is 25.6 Å².